The fourth-order valence-corrected chi connectivity index (χ4v) is 2.96. The van der Waals surface area contributed by atoms with Crippen molar-refractivity contribution in [2.45, 2.75) is 39.0 Å². The van der Waals surface area contributed by atoms with Gasteiger partial charge in [0.1, 0.15) is 0 Å². The molecule has 1 amide bonds. The molecule has 7 heteroatoms. The maximum atomic E-state index is 13.5. The van der Waals surface area contributed by atoms with Gasteiger partial charge in [0.15, 0.2) is 0 Å². The lowest BCUT2D eigenvalue weighted by Gasteiger charge is -2.22. The minimum absolute atomic E-state index is 0.183. The molecule has 0 spiro atoms. The largest absolute Gasteiger partial charge is 0.416 e. The van der Waals surface area contributed by atoms with E-state index in [4.69, 9.17) is 0 Å². The maximum Gasteiger partial charge on any atom is 0.416 e. The zero-order valence-electron chi connectivity index (χ0n) is 15.2. The van der Waals surface area contributed by atoms with Gasteiger partial charge in [-0.15, -0.1) is 0 Å². The molecular formula is C18H26F3N3O. The third kappa shape index (κ3) is 5.19. The Hall–Kier alpha value is -1.60. The standard InChI is InChI=1S/C18H26F3N3O/c1-12(2)17(25)22-14-6-5-13(16(9-14)18(19,20)21)10-24-8-7-15(11-24)23(3)4/h5-6,9,12,15H,7-8,10-11H2,1-4H3,(H,22,25). The summed E-state index contributed by atoms with van der Waals surface area (Å²) >= 11 is 0. The van der Waals surface area contributed by atoms with Gasteiger partial charge in [-0.1, -0.05) is 19.9 Å². The second-order valence-electron chi connectivity index (χ2n) is 7.15. The summed E-state index contributed by atoms with van der Waals surface area (Å²) < 4.78 is 40.4. The zero-order chi connectivity index (χ0) is 18.8. The van der Waals surface area contributed by atoms with E-state index in [1.54, 1.807) is 19.9 Å². The van der Waals surface area contributed by atoms with Crippen LogP contribution in [0.3, 0.4) is 0 Å². The lowest BCUT2D eigenvalue weighted by Crippen LogP contribution is -2.31. The summed E-state index contributed by atoms with van der Waals surface area (Å²) in [5, 5.41) is 2.54. The Morgan fingerprint density at radius 3 is 2.56 bits per heavy atom. The summed E-state index contributed by atoms with van der Waals surface area (Å²) in [6.07, 6.45) is -3.49. The van der Waals surface area contributed by atoms with E-state index >= 15 is 0 Å². The fraction of sp³-hybridized carbons (Fsp3) is 0.611. The van der Waals surface area contributed by atoms with Crippen molar-refractivity contribution < 1.29 is 18.0 Å². The molecule has 0 bridgehead atoms. The van der Waals surface area contributed by atoms with Gasteiger partial charge in [-0.25, -0.2) is 0 Å². The van der Waals surface area contributed by atoms with Crippen LogP contribution in [0.4, 0.5) is 18.9 Å². The van der Waals surface area contributed by atoms with Gasteiger partial charge in [-0.05, 0) is 38.2 Å². The van der Waals surface area contributed by atoms with E-state index < -0.39 is 11.7 Å². The number of amides is 1. The smallest absolute Gasteiger partial charge is 0.326 e. The van der Waals surface area contributed by atoms with Crippen molar-refractivity contribution in [3.05, 3.63) is 29.3 Å². The first-order valence-electron chi connectivity index (χ1n) is 8.47. The summed E-state index contributed by atoms with van der Waals surface area (Å²) in [5.41, 5.74) is -0.251. The van der Waals surface area contributed by atoms with E-state index in [0.29, 0.717) is 6.04 Å². The van der Waals surface area contributed by atoms with E-state index in [0.717, 1.165) is 25.6 Å². The average Bonchev–Trinajstić information content (AvgIpc) is 2.96. The maximum absolute atomic E-state index is 13.5. The highest BCUT2D eigenvalue weighted by molar-refractivity contribution is 5.92. The summed E-state index contributed by atoms with van der Waals surface area (Å²) in [6, 6.07) is 4.43. The van der Waals surface area contributed by atoms with Crippen LogP contribution in [0.2, 0.25) is 0 Å². The van der Waals surface area contributed by atoms with Crippen LogP contribution < -0.4 is 5.32 Å². The van der Waals surface area contributed by atoms with Crippen LogP contribution in [0, 0.1) is 5.92 Å². The highest BCUT2D eigenvalue weighted by Gasteiger charge is 2.35. The van der Waals surface area contributed by atoms with Gasteiger partial charge in [0.25, 0.3) is 0 Å². The van der Waals surface area contributed by atoms with Crippen LogP contribution in [0.1, 0.15) is 31.4 Å². The van der Waals surface area contributed by atoms with E-state index in [-0.39, 0.29) is 29.6 Å². The van der Waals surface area contributed by atoms with Crippen molar-refractivity contribution in [3.63, 3.8) is 0 Å². The van der Waals surface area contributed by atoms with Crippen molar-refractivity contribution in [2.24, 2.45) is 5.92 Å². The summed E-state index contributed by atoms with van der Waals surface area (Å²) in [4.78, 5) is 15.9. The van der Waals surface area contributed by atoms with Gasteiger partial charge >= 0.3 is 6.18 Å². The summed E-state index contributed by atoms with van der Waals surface area (Å²) in [7, 11) is 3.98. The Bertz CT molecular complexity index is 614. The number of benzene rings is 1. The van der Waals surface area contributed by atoms with Crippen molar-refractivity contribution in [2.75, 3.05) is 32.5 Å². The number of halogens is 3. The normalized spacial score (nSPS) is 19.0. The second kappa shape index (κ2) is 7.74. The van der Waals surface area contributed by atoms with E-state index in [2.05, 4.69) is 10.2 Å². The van der Waals surface area contributed by atoms with Crippen LogP contribution in [-0.2, 0) is 17.5 Å². The Kier molecular flexibility index (Phi) is 6.11. The first-order valence-corrected chi connectivity index (χ1v) is 8.47. The number of nitrogens with one attached hydrogen (secondary N) is 1. The number of hydrogen-bond donors (Lipinski definition) is 1. The molecule has 0 saturated carbocycles. The minimum atomic E-state index is -4.45. The Morgan fingerprint density at radius 2 is 2.04 bits per heavy atom. The molecule has 0 aliphatic carbocycles. The van der Waals surface area contributed by atoms with E-state index in [9.17, 15) is 18.0 Å². The molecule has 140 valence electrons. The quantitative estimate of drug-likeness (QED) is 0.877. The number of nitrogens with zero attached hydrogens (tertiary/aromatic N) is 2. The van der Waals surface area contributed by atoms with Crippen LogP contribution in [-0.4, -0.2) is 48.9 Å². The monoisotopic (exact) mass is 357 g/mol. The molecule has 1 aliphatic rings. The lowest BCUT2D eigenvalue weighted by molar-refractivity contribution is -0.138. The third-order valence-corrected chi connectivity index (χ3v) is 4.58. The third-order valence-electron chi connectivity index (χ3n) is 4.58. The highest BCUT2D eigenvalue weighted by Crippen LogP contribution is 2.35. The van der Waals surface area contributed by atoms with E-state index in [1.807, 2.05) is 19.0 Å². The predicted octanol–water partition coefficient (Wildman–Crippen LogP) is 3.44. The van der Waals surface area contributed by atoms with Gasteiger partial charge in [0.05, 0.1) is 5.56 Å². The van der Waals surface area contributed by atoms with E-state index in [1.165, 1.54) is 6.07 Å². The molecular weight excluding hydrogens is 331 g/mol. The first kappa shape index (κ1) is 19.7. The molecule has 1 heterocycles. The molecule has 1 aromatic carbocycles. The van der Waals surface area contributed by atoms with Crippen LogP contribution >= 0.6 is 0 Å². The molecule has 1 fully saturated rings. The highest BCUT2D eigenvalue weighted by atomic mass is 19.4. The Balaban J connectivity index is 2.19. The SMILES string of the molecule is CC(C)C(=O)Nc1ccc(CN2CCC(N(C)C)C2)c(C(F)(F)F)c1. The molecule has 1 atom stereocenters. The number of hydrogen-bond acceptors (Lipinski definition) is 3. The molecule has 1 saturated heterocycles. The fourth-order valence-electron chi connectivity index (χ4n) is 2.96. The first-order chi connectivity index (χ1) is 11.6. The minimum Gasteiger partial charge on any atom is -0.326 e. The molecule has 4 nitrogen and oxygen atoms in total. The number of anilines is 1. The van der Waals surface area contributed by atoms with Crippen LogP contribution in [0.15, 0.2) is 18.2 Å². The van der Waals surface area contributed by atoms with Gasteiger partial charge in [0, 0.05) is 37.3 Å². The van der Waals surface area contributed by atoms with Gasteiger partial charge in [-0.2, -0.15) is 13.2 Å². The number of likely N-dealkylation sites (tertiary alicyclic amines) is 1. The lowest BCUT2D eigenvalue weighted by atomic mass is 10.0. The van der Waals surface area contributed by atoms with Gasteiger partial charge in [-0.3, -0.25) is 9.69 Å². The molecule has 1 aromatic rings. The number of rotatable bonds is 5. The predicted molar refractivity (Wildman–Crippen MR) is 92.3 cm³/mol. The number of alkyl halides is 3. The molecule has 25 heavy (non-hydrogen) atoms. The molecule has 1 unspecified atom stereocenters. The topological polar surface area (TPSA) is 35.6 Å². The average molecular weight is 357 g/mol. The van der Waals surface area contributed by atoms with Crippen molar-refractivity contribution in [3.8, 4) is 0 Å². The van der Waals surface area contributed by atoms with Gasteiger partial charge in [0.2, 0.25) is 5.91 Å². The van der Waals surface area contributed by atoms with Gasteiger partial charge < -0.3 is 10.2 Å². The zero-order valence-corrected chi connectivity index (χ0v) is 15.2. The Morgan fingerprint density at radius 1 is 1.36 bits per heavy atom. The molecule has 0 aromatic heterocycles. The molecule has 1 N–H and O–H groups in total. The summed E-state index contributed by atoms with van der Waals surface area (Å²) in [6.45, 7) is 5.20. The van der Waals surface area contributed by atoms with Crippen molar-refractivity contribution in [1.82, 2.24) is 9.80 Å². The Labute approximate surface area is 147 Å². The second-order valence-corrected chi connectivity index (χ2v) is 7.15. The van der Waals surface area contributed by atoms with Crippen LogP contribution in [0.25, 0.3) is 0 Å². The van der Waals surface area contributed by atoms with Crippen molar-refractivity contribution in [1.29, 1.82) is 0 Å². The number of carbonyl (C=O) groups is 1. The number of carbonyl (C=O) groups excluding carboxylic acids is 1. The summed E-state index contributed by atoms with van der Waals surface area (Å²) in [5.74, 6) is -0.587. The molecule has 0 radical (unpaired) electrons. The van der Waals surface area contributed by atoms with Crippen molar-refractivity contribution >= 4 is 11.6 Å². The molecule has 2 rings (SSSR count). The molecule has 1 aliphatic heterocycles. The van der Waals surface area contributed by atoms with Crippen LogP contribution in [0.5, 0.6) is 0 Å². The number of likely N-dealkylation sites (N-methyl/N-ethyl adjacent to an activating group) is 1.